The van der Waals surface area contributed by atoms with Gasteiger partial charge in [0.15, 0.2) is 11.5 Å². The van der Waals surface area contributed by atoms with E-state index in [0.717, 1.165) is 38.0 Å². The van der Waals surface area contributed by atoms with Gasteiger partial charge < -0.3 is 29.6 Å². The number of carbonyl (C=O) groups is 1. The molecule has 172 valence electrons. The highest BCUT2D eigenvalue weighted by molar-refractivity contribution is 5.85. The van der Waals surface area contributed by atoms with Gasteiger partial charge in [-0.3, -0.25) is 9.69 Å². The highest BCUT2D eigenvalue weighted by Crippen LogP contribution is 2.40. The van der Waals surface area contributed by atoms with E-state index < -0.39 is 0 Å². The van der Waals surface area contributed by atoms with E-state index in [2.05, 4.69) is 4.90 Å². The predicted molar refractivity (Wildman–Crippen MR) is 119 cm³/mol. The van der Waals surface area contributed by atoms with E-state index in [1.165, 1.54) is 0 Å². The SMILES string of the molecule is COc1ccc(CN2CCN(C(=O)[C@@H]3CC[C@H](CN)O3)CC2)c(OC)c1OC.Cl.Cl. The molecule has 10 heteroatoms. The second-order valence-corrected chi connectivity index (χ2v) is 7.15. The van der Waals surface area contributed by atoms with E-state index in [1.54, 1.807) is 21.3 Å². The minimum Gasteiger partial charge on any atom is -0.493 e. The third-order valence-corrected chi connectivity index (χ3v) is 5.51. The number of nitrogens with two attached hydrogens (primary N) is 1. The molecular formula is C20H33Cl2N3O5. The molecule has 30 heavy (non-hydrogen) atoms. The van der Waals surface area contributed by atoms with Gasteiger partial charge in [-0.15, -0.1) is 24.8 Å². The highest BCUT2D eigenvalue weighted by Gasteiger charge is 2.34. The van der Waals surface area contributed by atoms with Gasteiger partial charge in [-0.25, -0.2) is 0 Å². The predicted octanol–water partition coefficient (Wildman–Crippen LogP) is 1.71. The lowest BCUT2D eigenvalue weighted by Crippen LogP contribution is -2.51. The van der Waals surface area contributed by atoms with Crippen LogP contribution in [0.1, 0.15) is 18.4 Å². The molecular weight excluding hydrogens is 433 g/mol. The van der Waals surface area contributed by atoms with E-state index >= 15 is 0 Å². The standard InChI is InChI=1S/C20H31N3O5.2ClH/c1-25-16-6-4-14(18(26-2)19(16)27-3)13-22-8-10-23(11-9-22)20(24)17-7-5-15(12-21)28-17;;/h4,6,15,17H,5,7-13,21H2,1-3H3;2*1H/t15-,17+;;/m1../s1. The molecule has 2 saturated heterocycles. The molecule has 0 spiro atoms. The molecule has 2 heterocycles. The number of benzene rings is 1. The number of amides is 1. The van der Waals surface area contributed by atoms with Crippen molar-refractivity contribution >= 4 is 30.7 Å². The molecule has 0 aliphatic carbocycles. The van der Waals surface area contributed by atoms with Crippen LogP contribution in [0.15, 0.2) is 12.1 Å². The summed E-state index contributed by atoms with van der Waals surface area (Å²) in [5.41, 5.74) is 6.68. The quantitative estimate of drug-likeness (QED) is 0.655. The van der Waals surface area contributed by atoms with E-state index in [0.29, 0.717) is 36.9 Å². The Labute approximate surface area is 190 Å². The van der Waals surface area contributed by atoms with Gasteiger partial charge >= 0.3 is 0 Å². The van der Waals surface area contributed by atoms with Crippen molar-refractivity contribution in [3.63, 3.8) is 0 Å². The number of hydrogen-bond donors (Lipinski definition) is 1. The molecule has 2 aliphatic heterocycles. The summed E-state index contributed by atoms with van der Waals surface area (Å²) in [7, 11) is 4.85. The zero-order valence-corrected chi connectivity index (χ0v) is 19.4. The summed E-state index contributed by atoms with van der Waals surface area (Å²) in [6.45, 7) is 4.20. The van der Waals surface area contributed by atoms with E-state index in [4.69, 9.17) is 24.7 Å². The number of piperazine rings is 1. The fourth-order valence-electron chi connectivity index (χ4n) is 3.92. The maximum atomic E-state index is 12.7. The fraction of sp³-hybridized carbons (Fsp3) is 0.650. The van der Waals surface area contributed by atoms with Crippen molar-refractivity contribution in [2.45, 2.75) is 31.6 Å². The lowest BCUT2D eigenvalue weighted by molar-refractivity contribution is -0.144. The van der Waals surface area contributed by atoms with Crippen LogP contribution in [0.25, 0.3) is 0 Å². The molecule has 0 aromatic heterocycles. The Balaban J connectivity index is 0.00000225. The smallest absolute Gasteiger partial charge is 0.251 e. The van der Waals surface area contributed by atoms with Crippen molar-refractivity contribution in [1.29, 1.82) is 0 Å². The molecule has 2 atom stereocenters. The molecule has 0 unspecified atom stereocenters. The number of nitrogens with zero attached hydrogens (tertiary/aromatic N) is 2. The van der Waals surface area contributed by atoms with Crippen molar-refractivity contribution in [1.82, 2.24) is 9.80 Å². The molecule has 0 radical (unpaired) electrons. The van der Waals surface area contributed by atoms with Crippen molar-refractivity contribution in [2.75, 3.05) is 54.1 Å². The lowest BCUT2D eigenvalue weighted by atomic mass is 10.1. The minimum absolute atomic E-state index is 0. The third-order valence-electron chi connectivity index (χ3n) is 5.51. The summed E-state index contributed by atoms with van der Waals surface area (Å²) in [6, 6.07) is 3.89. The molecule has 0 saturated carbocycles. The Hall–Kier alpha value is -1.45. The van der Waals surface area contributed by atoms with Gasteiger partial charge in [-0.2, -0.15) is 0 Å². The van der Waals surface area contributed by atoms with Crippen molar-refractivity contribution < 1.29 is 23.7 Å². The lowest BCUT2D eigenvalue weighted by Gasteiger charge is -2.36. The molecule has 1 amide bonds. The molecule has 2 fully saturated rings. The van der Waals surface area contributed by atoms with Crippen molar-refractivity contribution in [3.05, 3.63) is 17.7 Å². The van der Waals surface area contributed by atoms with Crippen LogP contribution in [0.5, 0.6) is 17.2 Å². The molecule has 3 rings (SSSR count). The zero-order chi connectivity index (χ0) is 20.1. The monoisotopic (exact) mass is 465 g/mol. The number of halogens is 2. The van der Waals surface area contributed by atoms with Gasteiger partial charge in [-0.1, -0.05) is 6.07 Å². The van der Waals surface area contributed by atoms with Crippen LogP contribution in [0.3, 0.4) is 0 Å². The van der Waals surface area contributed by atoms with E-state index in [1.807, 2.05) is 17.0 Å². The summed E-state index contributed by atoms with van der Waals surface area (Å²) in [5.74, 6) is 2.03. The van der Waals surface area contributed by atoms with Gasteiger partial charge in [0.1, 0.15) is 6.10 Å². The maximum absolute atomic E-state index is 12.7. The van der Waals surface area contributed by atoms with Gasteiger partial charge in [0, 0.05) is 44.8 Å². The molecule has 8 nitrogen and oxygen atoms in total. The Bertz CT molecular complexity index is 687. The normalized spacial score (nSPS) is 21.4. The second-order valence-electron chi connectivity index (χ2n) is 7.15. The first-order valence-electron chi connectivity index (χ1n) is 9.75. The van der Waals surface area contributed by atoms with Crippen molar-refractivity contribution in [2.24, 2.45) is 5.73 Å². The number of carbonyl (C=O) groups excluding carboxylic acids is 1. The summed E-state index contributed by atoms with van der Waals surface area (Å²) in [6.07, 6.45) is 1.33. The molecule has 0 bridgehead atoms. The van der Waals surface area contributed by atoms with Crippen LogP contribution in [-0.4, -0.2) is 82.0 Å². The number of ether oxygens (including phenoxy) is 4. The molecule has 1 aromatic rings. The minimum atomic E-state index is -0.328. The van der Waals surface area contributed by atoms with Crippen LogP contribution >= 0.6 is 24.8 Å². The molecule has 2 aliphatic rings. The number of hydrogen-bond acceptors (Lipinski definition) is 7. The first-order valence-corrected chi connectivity index (χ1v) is 9.75. The summed E-state index contributed by atoms with van der Waals surface area (Å²) < 4.78 is 22.1. The largest absolute Gasteiger partial charge is 0.493 e. The Morgan fingerprint density at radius 3 is 2.23 bits per heavy atom. The fourth-order valence-corrected chi connectivity index (χ4v) is 3.92. The van der Waals surface area contributed by atoms with Crippen LogP contribution in [0.2, 0.25) is 0 Å². The molecule has 1 aromatic carbocycles. The highest BCUT2D eigenvalue weighted by atomic mass is 35.5. The first kappa shape index (κ1) is 26.6. The van der Waals surface area contributed by atoms with E-state index in [-0.39, 0.29) is 42.9 Å². The third kappa shape index (κ3) is 5.82. The van der Waals surface area contributed by atoms with Crippen LogP contribution in [0, 0.1) is 0 Å². The Morgan fingerprint density at radius 2 is 1.70 bits per heavy atom. The topological polar surface area (TPSA) is 86.5 Å². The van der Waals surface area contributed by atoms with Gasteiger partial charge in [0.25, 0.3) is 5.91 Å². The van der Waals surface area contributed by atoms with Crippen LogP contribution < -0.4 is 19.9 Å². The first-order chi connectivity index (χ1) is 13.6. The number of methoxy groups -OCH3 is 3. The zero-order valence-electron chi connectivity index (χ0n) is 17.8. The summed E-state index contributed by atoms with van der Waals surface area (Å²) >= 11 is 0. The second kappa shape index (κ2) is 12.4. The average molecular weight is 466 g/mol. The number of rotatable bonds is 7. The van der Waals surface area contributed by atoms with Crippen LogP contribution in [-0.2, 0) is 16.1 Å². The van der Waals surface area contributed by atoms with Gasteiger partial charge in [0.05, 0.1) is 27.4 Å². The van der Waals surface area contributed by atoms with E-state index in [9.17, 15) is 4.79 Å². The van der Waals surface area contributed by atoms with Gasteiger partial charge in [0.2, 0.25) is 5.75 Å². The molecule has 2 N–H and O–H groups in total. The summed E-state index contributed by atoms with van der Waals surface area (Å²) in [5, 5.41) is 0. The Morgan fingerprint density at radius 1 is 1.03 bits per heavy atom. The average Bonchev–Trinajstić information content (AvgIpc) is 3.22. The van der Waals surface area contributed by atoms with Gasteiger partial charge in [-0.05, 0) is 18.9 Å². The Kier molecular flexibility index (Phi) is 11.0. The summed E-state index contributed by atoms with van der Waals surface area (Å²) in [4.78, 5) is 16.9. The van der Waals surface area contributed by atoms with Crippen LogP contribution in [0.4, 0.5) is 0 Å². The van der Waals surface area contributed by atoms with Crippen molar-refractivity contribution in [3.8, 4) is 17.2 Å². The maximum Gasteiger partial charge on any atom is 0.251 e.